The van der Waals surface area contributed by atoms with Crippen molar-refractivity contribution in [2.45, 2.75) is 82.5 Å². The molecule has 9 N–H and O–H groups in total. The number of carbonyl (C=O) groups excluding carboxylic acids is 5. The number of carbonyl (C=O) groups is 5. The van der Waals surface area contributed by atoms with Crippen LogP contribution in [0.4, 0.5) is 0 Å². The summed E-state index contributed by atoms with van der Waals surface area (Å²) in [7, 11) is 0. The topological polar surface area (TPSA) is 210 Å². The minimum absolute atomic E-state index is 0.0532. The van der Waals surface area contributed by atoms with Gasteiger partial charge in [-0.1, -0.05) is 159 Å². The van der Waals surface area contributed by atoms with E-state index < -0.39 is 41.9 Å². The summed E-state index contributed by atoms with van der Waals surface area (Å²) in [5, 5.41) is 14.5. The Labute approximate surface area is 375 Å². The molecule has 0 saturated carbocycles. The van der Waals surface area contributed by atoms with Crippen LogP contribution in [0.5, 0.6) is 0 Å². The Balaban J connectivity index is 1.31. The molecule has 0 saturated heterocycles. The van der Waals surface area contributed by atoms with Crippen LogP contribution in [0.25, 0.3) is 11.1 Å². The summed E-state index contributed by atoms with van der Waals surface area (Å²) in [5.41, 5.74) is 16.7. The molecular weight excluding hydrogens is 805 g/mol. The second-order valence-corrected chi connectivity index (χ2v) is 15.7. The Kier molecular flexibility index (Phi) is 19.1. The summed E-state index contributed by atoms with van der Waals surface area (Å²) < 4.78 is 0. The van der Waals surface area contributed by atoms with E-state index in [4.69, 9.17) is 11.5 Å². The van der Waals surface area contributed by atoms with Crippen molar-refractivity contribution in [1.82, 2.24) is 26.6 Å². The first-order chi connectivity index (χ1) is 31.1. The van der Waals surface area contributed by atoms with Crippen LogP contribution in [0, 0.1) is 0 Å². The second kappa shape index (κ2) is 25.6. The zero-order valence-corrected chi connectivity index (χ0v) is 36.4. The highest BCUT2D eigenvalue weighted by Crippen LogP contribution is 2.19. The van der Waals surface area contributed by atoms with Crippen LogP contribution in [-0.4, -0.2) is 72.8 Å². The molecule has 0 aromatic heterocycles. The van der Waals surface area contributed by atoms with Crippen LogP contribution in [0.3, 0.4) is 0 Å². The lowest BCUT2D eigenvalue weighted by molar-refractivity contribution is -0.134. The first-order valence-corrected chi connectivity index (χ1v) is 21.9. The fourth-order valence-electron chi connectivity index (χ4n) is 7.24. The molecule has 0 fully saturated rings. The number of benzene rings is 5. The quantitative estimate of drug-likeness (QED) is 0.0268. The molecule has 0 radical (unpaired) electrons. The van der Waals surface area contributed by atoms with Crippen LogP contribution in [0.2, 0.25) is 0 Å². The molecule has 0 aliphatic carbocycles. The zero-order valence-electron chi connectivity index (χ0n) is 36.4. The number of hydrogen-bond acceptors (Lipinski definition) is 6. The van der Waals surface area contributed by atoms with Crippen molar-refractivity contribution in [2.24, 2.45) is 16.5 Å². The lowest BCUT2D eigenvalue weighted by Crippen LogP contribution is -2.59. The number of nitrogens with zero attached hydrogens (tertiary/aromatic N) is 1. The smallest absolute Gasteiger partial charge is 0.243 e. The number of amides is 5. The molecule has 334 valence electrons. The third kappa shape index (κ3) is 16.2. The Morgan fingerprint density at radius 3 is 1.48 bits per heavy atom. The molecule has 5 amide bonds. The van der Waals surface area contributed by atoms with E-state index in [9.17, 15) is 24.0 Å². The summed E-state index contributed by atoms with van der Waals surface area (Å²) in [6.07, 6.45) is 2.30. The summed E-state index contributed by atoms with van der Waals surface area (Å²) in [5.74, 6) is -2.56. The van der Waals surface area contributed by atoms with Gasteiger partial charge in [0.2, 0.25) is 29.5 Å². The van der Waals surface area contributed by atoms with Gasteiger partial charge in [0.25, 0.3) is 0 Å². The van der Waals surface area contributed by atoms with Crippen LogP contribution in [0.1, 0.15) is 54.9 Å². The number of hydrogen-bond donors (Lipinski definition) is 7. The Morgan fingerprint density at radius 1 is 0.500 bits per heavy atom. The highest BCUT2D eigenvalue weighted by atomic mass is 16.2. The zero-order chi connectivity index (χ0) is 45.5. The van der Waals surface area contributed by atoms with Crippen molar-refractivity contribution in [1.29, 1.82) is 0 Å². The van der Waals surface area contributed by atoms with Crippen molar-refractivity contribution < 1.29 is 24.0 Å². The van der Waals surface area contributed by atoms with Crippen LogP contribution in [0.15, 0.2) is 151 Å². The fourth-order valence-corrected chi connectivity index (χ4v) is 7.24. The van der Waals surface area contributed by atoms with Crippen LogP contribution >= 0.6 is 0 Å². The summed E-state index contributed by atoms with van der Waals surface area (Å²) >= 11 is 0. The van der Waals surface area contributed by atoms with Gasteiger partial charge in [0, 0.05) is 25.9 Å². The van der Waals surface area contributed by atoms with Crippen molar-refractivity contribution in [3.05, 3.63) is 168 Å². The molecule has 0 aliphatic rings. The molecule has 5 aromatic rings. The highest BCUT2D eigenvalue weighted by Gasteiger charge is 2.31. The van der Waals surface area contributed by atoms with E-state index in [1.807, 2.05) is 153 Å². The van der Waals surface area contributed by atoms with Gasteiger partial charge in [0.1, 0.15) is 24.2 Å². The number of guanidine groups is 1. The summed E-state index contributed by atoms with van der Waals surface area (Å²) in [6.45, 7) is 2.45. The summed E-state index contributed by atoms with van der Waals surface area (Å²) in [4.78, 5) is 73.7. The Bertz CT molecular complexity index is 2250. The molecule has 0 bridgehead atoms. The molecular formula is C51H60N8O5. The maximum absolute atomic E-state index is 14.3. The van der Waals surface area contributed by atoms with Gasteiger partial charge in [0.05, 0.1) is 6.42 Å². The van der Waals surface area contributed by atoms with Gasteiger partial charge < -0.3 is 38.1 Å². The van der Waals surface area contributed by atoms with Gasteiger partial charge in [-0.2, -0.15) is 0 Å². The normalized spacial score (nSPS) is 12.6. The first-order valence-electron chi connectivity index (χ1n) is 21.9. The SMILES string of the molecule is CCC[C@H](NC(=O)Cc1ccc(-c2ccccc2)cc1)C(=O)N[C@H](CCCN=C(N)N)C(=O)N[C@@H](Cc1ccccc1)C(=O)N[C@@H](Cc1ccccc1)C(=O)NCCc1ccccc1. The molecule has 0 unspecified atom stereocenters. The van der Waals surface area contributed by atoms with E-state index in [2.05, 4.69) is 31.6 Å². The average Bonchev–Trinajstić information content (AvgIpc) is 3.30. The maximum atomic E-state index is 14.3. The summed E-state index contributed by atoms with van der Waals surface area (Å²) in [6, 6.07) is 41.8. The molecule has 64 heavy (non-hydrogen) atoms. The lowest BCUT2D eigenvalue weighted by atomic mass is 10.0. The third-order valence-corrected chi connectivity index (χ3v) is 10.6. The fraction of sp³-hybridized carbons (Fsp3) is 0.294. The Morgan fingerprint density at radius 2 is 0.953 bits per heavy atom. The monoisotopic (exact) mass is 864 g/mol. The van der Waals surface area contributed by atoms with Crippen LogP contribution in [-0.2, 0) is 49.7 Å². The van der Waals surface area contributed by atoms with Crippen molar-refractivity contribution >= 4 is 35.5 Å². The van der Waals surface area contributed by atoms with Crippen LogP contribution < -0.4 is 38.1 Å². The minimum atomic E-state index is -1.14. The molecule has 5 aromatic carbocycles. The van der Waals surface area contributed by atoms with Gasteiger partial charge in [-0.05, 0) is 59.1 Å². The average molecular weight is 865 g/mol. The van der Waals surface area contributed by atoms with Gasteiger partial charge in [-0.3, -0.25) is 29.0 Å². The molecule has 5 rings (SSSR count). The molecule has 0 aliphatic heterocycles. The standard InChI is InChI=1S/C51H60N8O5/c1-2-16-42(56-46(60)35-39-26-28-41(29-27-39)40-23-13-6-14-24-40)48(62)57-43(25-15-31-55-51(52)53)49(63)59-45(34-38-21-11-5-12-22-38)50(64)58-44(33-37-19-9-4-10-20-37)47(61)54-32-30-36-17-7-3-8-18-36/h3-14,17-24,26-29,42-45H,2,15-16,25,30-35H2,1H3,(H,54,61)(H,56,60)(H,57,62)(H,58,64)(H,59,63)(H4,52,53,55)/t42-,43+,44-,45-/m0/s1. The number of aliphatic imine (C=N–C) groups is 1. The highest BCUT2D eigenvalue weighted by molar-refractivity contribution is 5.96. The Hall–Kier alpha value is -7.28. The predicted molar refractivity (Wildman–Crippen MR) is 252 cm³/mol. The number of nitrogens with one attached hydrogen (secondary N) is 5. The first kappa shape index (κ1) is 47.8. The molecule has 13 nitrogen and oxygen atoms in total. The predicted octanol–water partition coefficient (Wildman–Crippen LogP) is 4.53. The number of nitrogens with two attached hydrogens (primary N) is 2. The second-order valence-electron chi connectivity index (χ2n) is 15.7. The van der Waals surface area contributed by atoms with E-state index in [-0.39, 0.29) is 50.0 Å². The molecule has 0 heterocycles. The largest absolute Gasteiger partial charge is 0.370 e. The van der Waals surface area contributed by atoms with E-state index in [0.29, 0.717) is 32.2 Å². The third-order valence-electron chi connectivity index (χ3n) is 10.6. The molecule has 13 heteroatoms. The maximum Gasteiger partial charge on any atom is 0.243 e. The van der Waals surface area contributed by atoms with E-state index in [1.54, 1.807) is 0 Å². The van der Waals surface area contributed by atoms with Gasteiger partial charge in [0.15, 0.2) is 5.96 Å². The van der Waals surface area contributed by atoms with E-state index in [0.717, 1.165) is 33.4 Å². The number of rotatable bonds is 24. The van der Waals surface area contributed by atoms with Gasteiger partial charge >= 0.3 is 0 Å². The molecule has 4 atom stereocenters. The lowest BCUT2D eigenvalue weighted by Gasteiger charge is -2.27. The van der Waals surface area contributed by atoms with E-state index in [1.165, 1.54) is 0 Å². The van der Waals surface area contributed by atoms with Gasteiger partial charge in [-0.15, -0.1) is 0 Å². The van der Waals surface area contributed by atoms with E-state index >= 15 is 0 Å². The minimum Gasteiger partial charge on any atom is -0.370 e. The molecule has 0 spiro atoms. The van der Waals surface area contributed by atoms with Gasteiger partial charge in [-0.25, -0.2) is 0 Å². The van der Waals surface area contributed by atoms with Crippen molar-refractivity contribution in [2.75, 3.05) is 13.1 Å². The van der Waals surface area contributed by atoms with Crippen molar-refractivity contribution in [3.63, 3.8) is 0 Å². The van der Waals surface area contributed by atoms with Crippen molar-refractivity contribution in [3.8, 4) is 11.1 Å².